The van der Waals surface area contributed by atoms with Gasteiger partial charge in [0.1, 0.15) is 12.4 Å². The summed E-state index contributed by atoms with van der Waals surface area (Å²) in [5.74, 6) is 1.83. The first kappa shape index (κ1) is 15.1. The number of hydrogen-bond donors (Lipinski definition) is 0. The maximum atomic E-state index is 5.78. The Balaban J connectivity index is 1.30. The third-order valence-corrected chi connectivity index (χ3v) is 4.48. The molecule has 1 fully saturated rings. The molecule has 0 N–H and O–H groups in total. The van der Waals surface area contributed by atoms with Crippen LogP contribution < -0.4 is 4.74 Å². The minimum absolute atomic E-state index is 0.781. The van der Waals surface area contributed by atoms with Crippen LogP contribution in [0, 0.1) is 5.92 Å². The molecule has 1 aliphatic heterocycles. The first-order valence-electron chi connectivity index (χ1n) is 8.26. The third-order valence-electron chi connectivity index (χ3n) is 4.48. The Kier molecular flexibility index (Phi) is 5.48. The van der Waals surface area contributed by atoms with E-state index in [-0.39, 0.29) is 0 Å². The van der Waals surface area contributed by atoms with Gasteiger partial charge < -0.3 is 9.30 Å². The summed E-state index contributed by atoms with van der Waals surface area (Å²) >= 11 is 0. The summed E-state index contributed by atoms with van der Waals surface area (Å²) in [4.78, 5) is 6.62. The number of piperidine rings is 1. The van der Waals surface area contributed by atoms with Gasteiger partial charge in [0.25, 0.3) is 0 Å². The van der Waals surface area contributed by atoms with E-state index in [1.54, 1.807) is 0 Å². The van der Waals surface area contributed by atoms with Crippen molar-refractivity contribution in [2.75, 3.05) is 26.2 Å². The fraction of sp³-hybridized carbons (Fsp3) is 0.500. The molecule has 118 valence electrons. The number of nitrogens with zero attached hydrogens (tertiary/aromatic N) is 3. The van der Waals surface area contributed by atoms with Crippen molar-refractivity contribution in [3.63, 3.8) is 0 Å². The van der Waals surface area contributed by atoms with Crippen molar-refractivity contribution in [3.8, 4) is 5.75 Å². The van der Waals surface area contributed by atoms with Crippen LogP contribution in [-0.2, 0) is 6.54 Å². The highest BCUT2D eigenvalue weighted by molar-refractivity contribution is 5.20. The molecule has 0 unspecified atom stereocenters. The Bertz CT molecular complexity index is 519. The number of aryl methyl sites for hydroxylation is 1. The third kappa shape index (κ3) is 4.60. The van der Waals surface area contributed by atoms with Crippen LogP contribution in [-0.4, -0.2) is 40.7 Å². The van der Waals surface area contributed by atoms with E-state index < -0.39 is 0 Å². The quantitative estimate of drug-likeness (QED) is 0.787. The lowest BCUT2D eigenvalue weighted by molar-refractivity contribution is 0.149. The smallest absolute Gasteiger partial charge is 0.119 e. The second kappa shape index (κ2) is 7.99. The average molecular weight is 299 g/mol. The molecule has 0 amide bonds. The van der Waals surface area contributed by atoms with Crippen molar-refractivity contribution in [2.24, 2.45) is 5.92 Å². The van der Waals surface area contributed by atoms with Crippen LogP contribution in [0.4, 0.5) is 0 Å². The highest BCUT2D eigenvalue weighted by Gasteiger charge is 2.18. The van der Waals surface area contributed by atoms with Crippen molar-refractivity contribution >= 4 is 0 Å². The zero-order valence-corrected chi connectivity index (χ0v) is 13.1. The van der Waals surface area contributed by atoms with E-state index in [1.165, 1.54) is 32.4 Å². The van der Waals surface area contributed by atoms with Gasteiger partial charge in [-0.15, -0.1) is 0 Å². The standard InChI is InChI=1S/C18H25N3O/c1-2-4-18(5-3-1)22-15-14-20-10-6-17(7-11-20)8-12-21-13-9-19-16-21/h1-5,9,13,16-17H,6-8,10-12,14-15H2. The van der Waals surface area contributed by atoms with Gasteiger partial charge in [0.15, 0.2) is 0 Å². The van der Waals surface area contributed by atoms with Crippen molar-refractivity contribution in [1.82, 2.24) is 14.5 Å². The van der Waals surface area contributed by atoms with E-state index >= 15 is 0 Å². The van der Waals surface area contributed by atoms with Crippen molar-refractivity contribution in [2.45, 2.75) is 25.8 Å². The number of ether oxygens (including phenoxy) is 1. The molecule has 2 heterocycles. The molecule has 1 saturated heterocycles. The normalized spacial score (nSPS) is 16.7. The summed E-state index contributed by atoms with van der Waals surface area (Å²) in [6.07, 6.45) is 9.70. The molecule has 2 aromatic rings. The van der Waals surface area contributed by atoms with Crippen LogP contribution >= 0.6 is 0 Å². The lowest BCUT2D eigenvalue weighted by Gasteiger charge is -2.31. The molecule has 0 saturated carbocycles. The molecule has 0 spiro atoms. The molecular formula is C18H25N3O. The minimum atomic E-state index is 0.781. The van der Waals surface area contributed by atoms with Gasteiger partial charge in [-0.1, -0.05) is 18.2 Å². The van der Waals surface area contributed by atoms with Crippen LogP contribution in [0.2, 0.25) is 0 Å². The molecule has 3 rings (SSSR count). The summed E-state index contributed by atoms with van der Waals surface area (Å²) in [5.41, 5.74) is 0. The Morgan fingerprint density at radius 1 is 1.09 bits per heavy atom. The molecule has 0 radical (unpaired) electrons. The minimum Gasteiger partial charge on any atom is -0.492 e. The predicted molar refractivity (Wildman–Crippen MR) is 87.9 cm³/mol. The largest absolute Gasteiger partial charge is 0.492 e. The maximum Gasteiger partial charge on any atom is 0.119 e. The van der Waals surface area contributed by atoms with Crippen LogP contribution in [0.15, 0.2) is 49.1 Å². The highest BCUT2D eigenvalue weighted by atomic mass is 16.5. The van der Waals surface area contributed by atoms with Crippen LogP contribution in [0.25, 0.3) is 0 Å². The van der Waals surface area contributed by atoms with Crippen molar-refractivity contribution in [3.05, 3.63) is 49.1 Å². The van der Waals surface area contributed by atoms with Gasteiger partial charge in [0, 0.05) is 25.5 Å². The Morgan fingerprint density at radius 3 is 2.64 bits per heavy atom. The van der Waals surface area contributed by atoms with E-state index in [0.717, 1.165) is 31.4 Å². The number of para-hydroxylation sites is 1. The predicted octanol–water partition coefficient (Wildman–Crippen LogP) is 3.06. The molecule has 1 aromatic carbocycles. The number of likely N-dealkylation sites (tertiary alicyclic amines) is 1. The van der Waals surface area contributed by atoms with Gasteiger partial charge in [-0.3, -0.25) is 4.90 Å². The Labute approximate surface area is 132 Å². The van der Waals surface area contributed by atoms with Crippen LogP contribution in [0.1, 0.15) is 19.3 Å². The van der Waals surface area contributed by atoms with Gasteiger partial charge >= 0.3 is 0 Å². The van der Waals surface area contributed by atoms with E-state index in [9.17, 15) is 0 Å². The summed E-state index contributed by atoms with van der Waals surface area (Å²) in [6, 6.07) is 10.1. The van der Waals surface area contributed by atoms with Gasteiger partial charge in [-0.25, -0.2) is 4.98 Å². The van der Waals surface area contributed by atoms with Gasteiger partial charge in [0.2, 0.25) is 0 Å². The van der Waals surface area contributed by atoms with Gasteiger partial charge in [0.05, 0.1) is 6.33 Å². The van der Waals surface area contributed by atoms with E-state index in [2.05, 4.69) is 20.6 Å². The number of benzene rings is 1. The topological polar surface area (TPSA) is 30.3 Å². The van der Waals surface area contributed by atoms with Gasteiger partial charge in [-0.2, -0.15) is 0 Å². The lowest BCUT2D eigenvalue weighted by atomic mass is 9.93. The zero-order chi connectivity index (χ0) is 15.0. The SMILES string of the molecule is c1ccc(OCCN2CCC(CCn3ccnc3)CC2)cc1. The Morgan fingerprint density at radius 2 is 1.91 bits per heavy atom. The molecule has 22 heavy (non-hydrogen) atoms. The molecule has 4 nitrogen and oxygen atoms in total. The molecule has 0 atom stereocenters. The van der Waals surface area contributed by atoms with E-state index in [1.807, 2.05) is 42.9 Å². The zero-order valence-electron chi connectivity index (χ0n) is 13.1. The lowest BCUT2D eigenvalue weighted by Crippen LogP contribution is -2.36. The highest BCUT2D eigenvalue weighted by Crippen LogP contribution is 2.21. The molecular weight excluding hydrogens is 274 g/mol. The molecule has 1 aliphatic rings. The first-order chi connectivity index (χ1) is 10.9. The first-order valence-corrected chi connectivity index (χ1v) is 8.26. The summed E-state index contributed by atoms with van der Waals surface area (Å²) in [6.45, 7) is 5.31. The number of aromatic nitrogens is 2. The maximum absolute atomic E-state index is 5.78. The molecule has 0 aliphatic carbocycles. The number of hydrogen-bond acceptors (Lipinski definition) is 3. The fourth-order valence-electron chi connectivity index (χ4n) is 3.06. The van der Waals surface area contributed by atoms with Crippen LogP contribution in [0.5, 0.6) is 5.75 Å². The summed E-state index contributed by atoms with van der Waals surface area (Å²) in [7, 11) is 0. The number of imidazole rings is 1. The second-order valence-electron chi connectivity index (χ2n) is 6.04. The van der Waals surface area contributed by atoms with Gasteiger partial charge in [-0.05, 0) is 50.4 Å². The van der Waals surface area contributed by atoms with Crippen molar-refractivity contribution in [1.29, 1.82) is 0 Å². The van der Waals surface area contributed by atoms with Crippen molar-refractivity contribution < 1.29 is 4.74 Å². The molecule has 1 aromatic heterocycles. The second-order valence-corrected chi connectivity index (χ2v) is 6.04. The number of rotatable bonds is 7. The average Bonchev–Trinajstić information content (AvgIpc) is 3.09. The molecule has 4 heteroatoms. The monoisotopic (exact) mass is 299 g/mol. The molecule has 0 bridgehead atoms. The van der Waals surface area contributed by atoms with E-state index in [0.29, 0.717) is 0 Å². The Hall–Kier alpha value is -1.81. The summed E-state index contributed by atoms with van der Waals surface area (Å²) in [5, 5.41) is 0. The fourth-order valence-corrected chi connectivity index (χ4v) is 3.06. The van der Waals surface area contributed by atoms with E-state index in [4.69, 9.17) is 4.74 Å². The van der Waals surface area contributed by atoms with Crippen LogP contribution in [0.3, 0.4) is 0 Å². The summed E-state index contributed by atoms with van der Waals surface area (Å²) < 4.78 is 7.96.